The van der Waals surface area contributed by atoms with Crippen LogP contribution in [0.15, 0.2) is 4.99 Å². The van der Waals surface area contributed by atoms with Gasteiger partial charge in [0.2, 0.25) is 0 Å². The minimum atomic E-state index is 0. The molecule has 0 saturated heterocycles. The largest absolute Gasteiger partial charge is 0.386 e. The fourth-order valence-corrected chi connectivity index (χ4v) is 4.69. The van der Waals surface area contributed by atoms with E-state index in [1.807, 2.05) is 0 Å². The Hall–Kier alpha value is 0.0500. The number of halogens is 2. The molecule has 0 aromatic rings. The van der Waals surface area contributed by atoms with Crippen LogP contribution in [0.2, 0.25) is 0 Å². The van der Waals surface area contributed by atoms with Gasteiger partial charge in [0.15, 0.2) is 0 Å². The number of hydrogen-bond donors (Lipinski definition) is 1. The van der Waals surface area contributed by atoms with E-state index in [1.54, 1.807) is 0 Å². The predicted octanol–water partition coefficient (Wildman–Crippen LogP) is 3.08. The van der Waals surface area contributed by atoms with Crippen molar-refractivity contribution in [3.63, 3.8) is 0 Å². The Morgan fingerprint density at radius 1 is 1.06 bits per heavy atom. The van der Waals surface area contributed by atoms with Crippen LogP contribution in [0.4, 0.5) is 0 Å². The summed E-state index contributed by atoms with van der Waals surface area (Å²) in [5.41, 5.74) is 5.69. The first kappa shape index (κ1) is 13.5. The van der Waals surface area contributed by atoms with Crippen LogP contribution in [0, 0.1) is 29.6 Å². The van der Waals surface area contributed by atoms with E-state index in [0.717, 1.165) is 36.1 Å². The number of alkyl halides is 1. The van der Waals surface area contributed by atoms with Crippen LogP contribution >= 0.6 is 24.0 Å². The van der Waals surface area contributed by atoms with E-state index < -0.39 is 0 Å². The van der Waals surface area contributed by atoms with Gasteiger partial charge in [0.1, 0.15) is 5.84 Å². The summed E-state index contributed by atoms with van der Waals surface area (Å²) in [5.74, 6) is 5.81. The summed E-state index contributed by atoms with van der Waals surface area (Å²) < 4.78 is 0. The van der Waals surface area contributed by atoms with E-state index in [2.05, 4.69) is 4.99 Å². The molecule has 2 N–H and O–H groups in total. The normalized spacial score (nSPS) is 43.6. The molecule has 4 rings (SSSR count). The molecule has 4 fully saturated rings. The molecule has 4 saturated carbocycles. The van der Waals surface area contributed by atoms with E-state index in [-0.39, 0.29) is 12.4 Å². The van der Waals surface area contributed by atoms with E-state index in [9.17, 15) is 0 Å². The smallest absolute Gasteiger partial charge is 0.109 e. The molecule has 17 heavy (non-hydrogen) atoms. The third-order valence-electron chi connectivity index (χ3n) is 5.06. The summed E-state index contributed by atoms with van der Waals surface area (Å²) in [6.07, 6.45) is 7.39. The lowest BCUT2D eigenvalue weighted by atomic mass is 9.52. The highest BCUT2D eigenvalue weighted by atomic mass is 35.5. The minimum absolute atomic E-state index is 0. The molecule has 0 radical (unpaired) electrons. The van der Waals surface area contributed by atoms with Crippen molar-refractivity contribution in [1.29, 1.82) is 0 Å². The minimum Gasteiger partial charge on any atom is -0.386 e. The molecule has 0 aliphatic heterocycles. The van der Waals surface area contributed by atoms with Gasteiger partial charge in [-0.05, 0) is 61.7 Å². The Morgan fingerprint density at radius 3 is 2.06 bits per heavy atom. The number of nitrogens with zero attached hydrogens (tertiary/aromatic N) is 1. The van der Waals surface area contributed by atoms with Crippen molar-refractivity contribution < 1.29 is 0 Å². The number of hydrogen-bond acceptors (Lipinski definition) is 1. The maximum Gasteiger partial charge on any atom is 0.109 e. The Kier molecular flexibility index (Phi) is 4.25. The SMILES string of the molecule is Cl.NC(CCl)=NCC1C2CC3CC(C2)CC1C3. The Balaban J connectivity index is 0.00000108. The zero-order valence-corrected chi connectivity index (χ0v) is 11.7. The van der Waals surface area contributed by atoms with Crippen LogP contribution < -0.4 is 5.73 Å². The molecule has 0 aromatic carbocycles. The van der Waals surface area contributed by atoms with Gasteiger partial charge in [0, 0.05) is 6.54 Å². The van der Waals surface area contributed by atoms with Crippen molar-refractivity contribution in [2.75, 3.05) is 12.4 Å². The standard InChI is InChI=1S/C13H21ClN2.ClH/c14-6-13(15)16-7-12-10-2-8-1-9(4-10)5-11(12)3-8;/h8-12H,1-7H2,(H2,15,16);1H. The lowest BCUT2D eigenvalue weighted by Crippen LogP contribution is -2.46. The monoisotopic (exact) mass is 276 g/mol. The molecule has 4 aliphatic rings. The second kappa shape index (κ2) is 5.36. The average Bonchev–Trinajstić information content (AvgIpc) is 2.26. The van der Waals surface area contributed by atoms with Crippen molar-refractivity contribution in [2.45, 2.75) is 32.1 Å². The van der Waals surface area contributed by atoms with Gasteiger partial charge >= 0.3 is 0 Å². The summed E-state index contributed by atoms with van der Waals surface area (Å²) >= 11 is 5.66. The number of rotatable bonds is 3. The van der Waals surface area contributed by atoms with Crippen LogP contribution in [0.1, 0.15) is 32.1 Å². The topological polar surface area (TPSA) is 38.4 Å². The maximum absolute atomic E-state index is 5.69. The molecule has 0 heterocycles. The zero-order valence-electron chi connectivity index (χ0n) is 10.1. The quantitative estimate of drug-likeness (QED) is 0.480. The second-order valence-electron chi connectivity index (χ2n) is 6.06. The summed E-state index contributed by atoms with van der Waals surface area (Å²) in [4.78, 5) is 4.45. The van der Waals surface area contributed by atoms with E-state index >= 15 is 0 Å². The lowest BCUT2D eigenvalue weighted by Gasteiger charge is -2.54. The molecule has 4 bridgehead atoms. The molecule has 2 nitrogen and oxygen atoms in total. The van der Waals surface area contributed by atoms with Crippen LogP contribution in [-0.2, 0) is 0 Å². The zero-order chi connectivity index (χ0) is 11.1. The van der Waals surface area contributed by atoms with Crippen molar-refractivity contribution in [1.82, 2.24) is 0 Å². The Morgan fingerprint density at radius 2 is 1.59 bits per heavy atom. The van der Waals surface area contributed by atoms with Crippen molar-refractivity contribution in [3.05, 3.63) is 0 Å². The van der Waals surface area contributed by atoms with Gasteiger partial charge in [0.05, 0.1) is 5.88 Å². The molecule has 0 unspecified atom stereocenters. The maximum atomic E-state index is 5.69. The van der Waals surface area contributed by atoms with E-state index in [0.29, 0.717) is 11.7 Å². The average molecular weight is 277 g/mol. The van der Waals surface area contributed by atoms with Gasteiger partial charge in [-0.2, -0.15) is 0 Å². The van der Waals surface area contributed by atoms with E-state index in [4.69, 9.17) is 17.3 Å². The van der Waals surface area contributed by atoms with Gasteiger partial charge in [-0.3, -0.25) is 4.99 Å². The van der Waals surface area contributed by atoms with Gasteiger partial charge in [0.25, 0.3) is 0 Å². The molecule has 98 valence electrons. The molecule has 0 spiro atoms. The van der Waals surface area contributed by atoms with Crippen LogP contribution in [-0.4, -0.2) is 18.3 Å². The first-order valence-electron chi connectivity index (χ1n) is 6.61. The van der Waals surface area contributed by atoms with Crippen molar-refractivity contribution >= 4 is 29.8 Å². The molecule has 0 atom stereocenters. The number of nitrogens with two attached hydrogens (primary N) is 1. The molecular weight excluding hydrogens is 255 g/mol. The van der Waals surface area contributed by atoms with E-state index in [1.165, 1.54) is 32.1 Å². The summed E-state index contributed by atoms with van der Waals surface area (Å²) in [6, 6.07) is 0. The first-order chi connectivity index (χ1) is 7.76. The Labute approximate surface area is 115 Å². The summed E-state index contributed by atoms with van der Waals surface area (Å²) in [7, 11) is 0. The number of amidine groups is 1. The molecule has 4 heteroatoms. The van der Waals surface area contributed by atoms with Gasteiger partial charge in [-0.25, -0.2) is 0 Å². The van der Waals surface area contributed by atoms with Crippen LogP contribution in [0.3, 0.4) is 0 Å². The van der Waals surface area contributed by atoms with Gasteiger partial charge < -0.3 is 5.73 Å². The van der Waals surface area contributed by atoms with Crippen molar-refractivity contribution in [3.8, 4) is 0 Å². The fourth-order valence-electron chi connectivity index (χ4n) is 4.60. The third-order valence-corrected chi connectivity index (χ3v) is 5.34. The lowest BCUT2D eigenvalue weighted by molar-refractivity contribution is -0.0319. The first-order valence-corrected chi connectivity index (χ1v) is 7.14. The summed E-state index contributed by atoms with van der Waals surface area (Å²) in [6.45, 7) is 0.938. The van der Waals surface area contributed by atoms with Gasteiger partial charge in [-0.1, -0.05) is 0 Å². The molecule has 4 aliphatic carbocycles. The highest BCUT2D eigenvalue weighted by Crippen LogP contribution is 2.56. The summed E-state index contributed by atoms with van der Waals surface area (Å²) in [5, 5.41) is 0. The Bertz CT molecular complexity index is 276. The predicted molar refractivity (Wildman–Crippen MR) is 75.0 cm³/mol. The third kappa shape index (κ3) is 2.58. The van der Waals surface area contributed by atoms with Gasteiger partial charge in [-0.15, -0.1) is 24.0 Å². The second-order valence-corrected chi connectivity index (χ2v) is 6.33. The molecular formula is C13H22Cl2N2. The fraction of sp³-hybridized carbons (Fsp3) is 0.923. The molecule has 0 amide bonds. The van der Waals surface area contributed by atoms with Crippen LogP contribution in [0.5, 0.6) is 0 Å². The number of aliphatic imine (C=N–C) groups is 1. The van der Waals surface area contributed by atoms with Crippen LogP contribution in [0.25, 0.3) is 0 Å². The van der Waals surface area contributed by atoms with Crippen molar-refractivity contribution in [2.24, 2.45) is 40.3 Å². The highest BCUT2D eigenvalue weighted by Gasteiger charge is 2.47. The highest BCUT2D eigenvalue weighted by molar-refractivity contribution is 6.27. The molecule has 0 aromatic heterocycles.